The van der Waals surface area contributed by atoms with Gasteiger partial charge in [-0.1, -0.05) is 0 Å². The number of carbonyl (C=O) groups excluding carboxylic acids is 1. The molecule has 4 nitrogen and oxygen atoms in total. The van der Waals surface area contributed by atoms with Gasteiger partial charge in [-0.25, -0.2) is 0 Å². The zero-order valence-electron chi connectivity index (χ0n) is 9.79. The normalized spacial score (nSPS) is 25.9. The standard InChI is InChI=1S/C11H21NO3/c1-8(2)15-11(13)7-12-9-4-5-10(6-9)14-3/h8-10,12H,4-7H2,1-3H3. The Balaban J connectivity index is 2.13. The van der Waals surface area contributed by atoms with Crippen LogP contribution in [0.1, 0.15) is 33.1 Å². The Morgan fingerprint density at radius 2 is 2.20 bits per heavy atom. The molecule has 0 saturated heterocycles. The predicted molar refractivity (Wildman–Crippen MR) is 57.7 cm³/mol. The van der Waals surface area contributed by atoms with Gasteiger partial charge >= 0.3 is 5.97 Å². The van der Waals surface area contributed by atoms with Crippen molar-refractivity contribution < 1.29 is 14.3 Å². The lowest BCUT2D eigenvalue weighted by atomic mass is 10.2. The van der Waals surface area contributed by atoms with Gasteiger partial charge in [-0.3, -0.25) is 4.79 Å². The summed E-state index contributed by atoms with van der Waals surface area (Å²) in [4.78, 5) is 11.2. The molecule has 0 radical (unpaired) electrons. The Kier molecular flexibility index (Phi) is 5.05. The summed E-state index contributed by atoms with van der Waals surface area (Å²) in [5.41, 5.74) is 0. The number of ether oxygens (including phenoxy) is 2. The van der Waals surface area contributed by atoms with Gasteiger partial charge in [0, 0.05) is 13.2 Å². The Labute approximate surface area is 91.3 Å². The smallest absolute Gasteiger partial charge is 0.320 e. The van der Waals surface area contributed by atoms with Crippen molar-refractivity contribution in [2.24, 2.45) is 0 Å². The third kappa shape index (κ3) is 4.62. The van der Waals surface area contributed by atoms with Crippen molar-refractivity contribution in [2.75, 3.05) is 13.7 Å². The molecule has 0 bridgehead atoms. The van der Waals surface area contributed by atoms with Gasteiger partial charge < -0.3 is 14.8 Å². The van der Waals surface area contributed by atoms with Gasteiger partial charge in [0.05, 0.1) is 18.8 Å². The summed E-state index contributed by atoms with van der Waals surface area (Å²) in [5.74, 6) is -0.175. The van der Waals surface area contributed by atoms with E-state index >= 15 is 0 Å². The lowest BCUT2D eigenvalue weighted by Gasteiger charge is -2.13. The molecule has 1 aliphatic rings. The van der Waals surface area contributed by atoms with Crippen molar-refractivity contribution in [1.82, 2.24) is 5.32 Å². The van der Waals surface area contributed by atoms with Crippen LogP contribution in [0.4, 0.5) is 0 Å². The van der Waals surface area contributed by atoms with E-state index in [2.05, 4.69) is 5.32 Å². The molecule has 4 heteroatoms. The zero-order valence-corrected chi connectivity index (χ0v) is 9.79. The maximum Gasteiger partial charge on any atom is 0.320 e. The van der Waals surface area contributed by atoms with Gasteiger partial charge in [-0.05, 0) is 33.1 Å². The highest BCUT2D eigenvalue weighted by molar-refractivity contribution is 5.71. The number of hydrogen-bond donors (Lipinski definition) is 1. The second kappa shape index (κ2) is 6.08. The molecule has 15 heavy (non-hydrogen) atoms. The Bertz CT molecular complexity index is 206. The minimum Gasteiger partial charge on any atom is -0.462 e. The van der Waals surface area contributed by atoms with E-state index in [4.69, 9.17) is 9.47 Å². The molecule has 1 fully saturated rings. The maximum absolute atomic E-state index is 11.2. The highest BCUT2D eigenvalue weighted by atomic mass is 16.5. The summed E-state index contributed by atoms with van der Waals surface area (Å²) in [7, 11) is 1.74. The van der Waals surface area contributed by atoms with Crippen LogP contribution in [0, 0.1) is 0 Å². The van der Waals surface area contributed by atoms with E-state index in [1.165, 1.54) is 0 Å². The predicted octanol–water partition coefficient (Wildman–Crippen LogP) is 1.10. The Morgan fingerprint density at radius 1 is 1.47 bits per heavy atom. The Hall–Kier alpha value is -0.610. The number of nitrogens with one attached hydrogen (secondary N) is 1. The fourth-order valence-electron chi connectivity index (χ4n) is 1.87. The van der Waals surface area contributed by atoms with Crippen LogP contribution < -0.4 is 5.32 Å². The maximum atomic E-state index is 11.2. The van der Waals surface area contributed by atoms with E-state index < -0.39 is 0 Å². The topological polar surface area (TPSA) is 47.6 Å². The van der Waals surface area contributed by atoms with E-state index in [0.29, 0.717) is 18.7 Å². The average molecular weight is 215 g/mol. The largest absolute Gasteiger partial charge is 0.462 e. The van der Waals surface area contributed by atoms with E-state index in [1.54, 1.807) is 7.11 Å². The summed E-state index contributed by atoms with van der Waals surface area (Å²) >= 11 is 0. The molecule has 1 saturated carbocycles. The van der Waals surface area contributed by atoms with Crippen LogP contribution in [-0.4, -0.2) is 37.9 Å². The molecule has 0 aliphatic heterocycles. The number of methoxy groups -OCH3 is 1. The van der Waals surface area contributed by atoms with Gasteiger partial charge in [0.25, 0.3) is 0 Å². The van der Waals surface area contributed by atoms with Crippen molar-refractivity contribution in [3.05, 3.63) is 0 Å². The molecule has 88 valence electrons. The third-order valence-electron chi connectivity index (χ3n) is 2.62. The van der Waals surface area contributed by atoms with Crippen molar-refractivity contribution in [1.29, 1.82) is 0 Å². The van der Waals surface area contributed by atoms with Crippen molar-refractivity contribution in [2.45, 2.75) is 51.4 Å². The molecule has 0 spiro atoms. The van der Waals surface area contributed by atoms with E-state index in [0.717, 1.165) is 19.3 Å². The van der Waals surface area contributed by atoms with Gasteiger partial charge in [-0.2, -0.15) is 0 Å². The first-order valence-electron chi connectivity index (χ1n) is 5.57. The van der Waals surface area contributed by atoms with E-state index in [-0.39, 0.29) is 12.1 Å². The average Bonchev–Trinajstić information content (AvgIpc) is 2.61. The number of hydrogen-bond acceptors (Lipinski definition) is 4. The van der Waals surface area contributed by atoms with Crippen LogP contribution in [0.5, 0.6) is 0 Å². The fourth-order valence-corrected chi connectivity index (χ4v) is 1.87. The summed E-state index contributed by atoms with van der Waals surface area (Å²) in [6, 6.07) is 0.398. The van der Waals surface area contributed by atoms with Crippen LogP contribution in [0.25, 0.3) is 0 Å². The summed E-state index contributed by atoms with van der Waals surface area (Å²) < 4.78 is 10.3. The van der Waals surface area contributed by atoms with Crippen LogP contribution in [0.15, 0.2) is 0 Å². The molecule has 2 atom stereocenters. The van der Waals surface area contributed by atoms with Crippen molar-refractivity contribution in [3.63, 3.8) is 0 Å². The van der Waals surface area contributed by atoms with E-state index in [1.807, 2.05) is 13.8 Å². The van der Waals surface area contributed by atoms with Crippen molar-refractivity contribution in [3.8, 4) is 0 Å². The van der Waals surface area contributed by atoms with Crippen LogP contribution >= 0.6 is 0 Å². The first-order chi connectivity index (χ1) is 7.11. The van der Waals surface area contributed by atoms with Gasteiger partial charge in [0.2, 0.25) is 0 Å². The quantitative estimate of drug-likeness (QED) is 0.698. The molecule has 0 aromatic carbocycles. The molecule has 0 aromatic heterocycles. The number of esters is 1. The van der Waals surface area contributed by atoms with Crippen LogP contribution in [0.2, 0.25) is 0 Å². The SMILES string of the molecule is COC1CCC(NCC(=O)OC(C)C)C1. The Morgan fingerprint density at radius 3 is 2.73 bits per heavy atom. The van der Waals surface area contributed by atoms with Gasteiger partial charge in [0.15, 0.2) is 0 Å². The van der Waals surface area contributed by atoms with Gasteiger partial charge in [0.1, 0.15) is 0 Å². The summed E-state index contributed by atoms with van der Waals surface area (Å²) in [6.07, 6.45) is 3.46. The van der Waals surface area contributed by atoms with Gasteiger partial charge in [-0.15, -0.1) is 0 Å². The van der Waals surface area contributed by atoms with Crippen LogP contribution in [0.3, 0.4) is 0 Å². The second-order valence-electron chi connectivity index (χ2n) is 4.29. The minimum atomic E-state index is -0.175. The molecule has 0 aromatic rings. The molecule has 1 rings (SSSR count). The molecular formula is C11H21NO3. The third-order valence-corrected chi connectivity index (χ3v) is 2.62. The molecular weight excluding hydrogens is 194 g/mol. The number of carbonyl (C=O) groups is 1. The monoisotopic (exact) mass is 215 g/mol. The lowest BCUT2D eigenvalue weighted by Crippen LogP contribution is -2.34. The first kappa shape index (κ1) is 12.5. The minimum absolute atomic E-state index is 0.0328. The molecule has 1 aliphatic carbocycles. The van der Waals surface area contributed by atoms with Crippen LogP contribution in [-0.2, 0) is 14.3 Å². The highest BCUT2D eigenvalue weighted by Gasteiger charge is 2.24. The molecule has 2 unspecified atom stereocenters. The first-order valence-corrected chi connectivity index (χ1v) is 5.57. The summed E-state index contributed by atoms with van der Waals surface area (Å²) in [5, 5.41) is 3.20. The van der Waals surface area contributed by atoms with E-state index in [9.17, 15) is 4.79 Å². The highest BCUT2D eigenvalue weighted by Crippen LogP contribution is 2.21. The molecule has 0 heterocycles. The van der Waals surface area contributed by atoms with Crippen molar-refractivity contribution >= 4 is 5.97 Å². The number of rotatable bonds is 5. The zero-order chi connectivity index (χ0) is 11.3. The summed E-state index contributed by atoms with van der Waals surface area (Å²) in [6.45, 7) is 4.02. The molecule has 1 N–H and O–H groups in total. The molecule has 0 amide bonds. The lowest BCUT2D eigenvalue weighted by molar-refractivity contribution is -0.146. The second-order valence-corrected chi connectivity index (χ2v) is 4.29. The fraction of sp³-hybridized carbons (Fsp3) is 0.909.